The van der Waals surface area contributed by atoms with Crippen molar-refractivity contribution in [3.05, 3.63) is 58.9 Å². The molecule has 1 aliphatic rings. The molecule has 1 fully saturated rings. The van der Waals surface area contributed by atoms with Crippen molar-refractivity contribution in [2.75, 3.05) is 0 Å². The van der Waals surface area contributed by atoms with Crippen LogP contribution in [-0.4, -0.2) is 6.04 Å². The molecule has 110 valence electrons. The normalized spacial score (nSPS) is 14.5. The van der Waals surface area contributed by atoms with E-state index in [0.717, 1.165) is 12.8 Å². The third kappa shape index (κ3) is 3.10. The molecule has 0 aliphatic heterocycles. The SMILES string of the molecule is Cc1cc(F)c(-c2ccc(F)cc2CNC2CC2)cc1F. The summed E-state index contributed by atoms with van der Waals surface area (Å²) in [6.45, 7) is 1.97. The molecule has 1 N–H and O–H groups in total. The highest BCUT2D eigenvalue weighted by atomic mass is 19.1. The quantitative estimate of drug-likeness (QED) is 0.884. The van der Waals surface area contributed by atoms with Gasteiger partial charge in [0.1, 0.15) is 17.5 Å². The third-order valence-electron chi connectivity index (χ3n) is 3.76. The van der Waals surface area contributed by atoms with Crippen molar-refractivity contribution < 1.29 is 13.2 Å². The Morgan fingerprint density at radius 3 is 2.48 bits per heavy atom. The van der Waals surface area contributed by atoms with Gasteiger partial charge in [0.25, 0.3) is 0 Å². The minimum Gasteiger partial charge on any atom is -0.310 e. The number of aryl methyl sites for hydroxylation is 1. The predicted molar refractivity (Wildman–Crippen MR) is 76.4 cm³/mol. The largest absolute Gasteiger partial charge is 0.310 e. The van der Waals surface area contributed by atoms with Crippen molar-refractivity contribution in [3.8, 4) is 11.1 Å². The van der Waals surface area contributed by atoms with Crippen molar-refractivity contribution in [1.29, 1.82) is 0 Å². The lowest BCUT2D eigenvalue weighted by molar-refractivity contribution is 0.594. The Bertz CT molecular complexity index is 678. The fourth-order valence-electron chi connectivity index (χ4n) is 2.37. The first-order valence-corrected chi connectivity index (χ1v) is 7.02. The number of rotatable bonds is 4. The molecule has 0 atom stereocenters. The zero-order chi connectivity index (χ0) is 15.0. The average molecular weight is 291 g/mol. The molecule has 1 saturated carbocycles. The third-order valence-corrected chi connectivity index (χ3v) is 3.76. The molecule has 0 radical (unpaired) electrons. The molecule has 0 spiro atoms. The second-order valence-electron chi connectivity index (χ2n) is 5.54. The smallest absolute Gasteiger partial charge is 0.131 e. The van der Waals surface area contributed by atoms with Crippen LogP contribution in [0.15, 0.2) is 30.3 Å². The van der Waals surface area contributed by atoms with Gasteiger partial charge in [-0.1, -0.05) is 6.07 Å². The lowest BCUT2D eigenvalue weighted by atomic mass is 9.97. The molecule has 0 amide bonds. The van der Waals surface area contributed by atoms with Gasteiger partial charge in [-0.2, -0.15) is 0 Å². The Morgan fingerprint density at radius 2 is 1.76 bits per heavy atom. The fourth-order valence-corrected chi connectivity index (χ4v) is 2.37. The van der Waals surface area contributed by atoms with E-state index < -0.39 is 11.6 Å². The van der Waals surface area contributed by atoms with E-state index in [9.17, 15) is 13.2 Å². The van der Waals surface area contributed by atoms with E-state index in [1.807, 2.05) is 0 Å². The molecule has 3 rings (SSSR count). The van der Waals surface area contributed by atoms with Crippen LogP contribution < -0.4 is 5.32 Å². The van der Waals surface area contributed by atoms with Crippen molar-refractivity contribution >= 4 is 0 Å². The molecule has 0 bridgehead atoms. The number of hydrogen-bond acceptors (Lipinski definition) is 1. The molecular formula is C17H16F3N. The highest BCUT2D eigenvalue weighted by Gasteiger charge is 2.21. The van der Waals surface area contributed by atoms with Gasteiger partial charge in [-0.15, -0.1) is 0 Å². The summed E-state index contributed by atoms with van der Waals surface area (Å²) in [5.74, 6) is -1.33. The Hall–Kier alpha value is -1.81. The van der Waals surface area contributed by atoms with Gasteiger partial charge in [0.2, 0.25) is 0 Å². The molecule has 0 aromatic heterocycles. The zero-order valence-corrected chi connectivity index (χ0v) is 11.7. The second kappa shape index (κ2) is 5.53. The van der Waals surface area contributed by atoms with E-state index in [0.29, 0.717) is 23.7 Å². The van der Waals surface area contributed by atoms with Crippen molar-refractivity contribution in [2.24, 2.45) is 0 Å². The van der Waals surface area contributed by atoms with Gasteiger partial charge in [-0.3, -0.25) is 0 Å². The van der Waals surface area contributed by atoms with Crippen LogP contribution >= 0.6 is 0 Å². The first-order chi connectivity index (χ1) is 10.0. The Morgan fingerprint density at radius 1 is 1.00 bits per heavy atom. The summed E-state index contributed by atoms with van der Waals surface area (Å²) in [6, 6.07) is 6.97. The average Bonchev–Trinajstić information content (AvgIpc) is 3.25. The van der Waals surface area contributed by atoms with Gasteiger partial charge in [-0.25, -0.2) is 13.2 Å². The number of nitrogens with one attached hydrogen (secondary N) is 1. The summed E-state index contributed by atoms with van der Waals surface area (Å²) >= 11 is 0. The van der Waals surface area contributed by atoms with Crippen molar-refractivity contribution in [3.63, 3.8) is 0 Å². The molecule has 2 aromatic carbocycles. The predicted octanol–water partition coefficient (Wildman–Crippen LogP) is 4.33. The van der Waals surface area contributed by atoms with Crippen LogP contribution in [0.1, 0.15) is 24.0 Å². The Kier molecular flexibility index (Phi) is 3.72. The summed E-state index contributed by atoms with van der Waals surface area (Å²) in [6.07, 6.45) is 2.22. The van der Waals surface area contributed by atoms with E-state index in [1.54, 1.807) is 0 Å². The van der Waals surface area contributed by atoms with Gasteiger partial charge >= 0.3 is 0 Å². The monoisotopic (exact) mass is 291 g/mol. The summed E-state index contributed by atoms with van der Waals surface area (Å²) in [5, 5.41) is 3.27. The minimum absolute atomic E-state index is 0.172. The minimum atomic E-state index is -0.492. The zero-order valence-electron chi connectivity index (χ0n) is 11.7. The van der Waals surface area contributed by atoms with Gasteiger partial charge in [0.15, 0.2) is 0 Å². The highest BCUT2D eigenvalue weighted by Crippen LogP contribution is 2.30. The van der Waals surface area contributed by atoms with E-state index in [2.05, 4.69) is 5.32 Å². The maximum Gasteiger partial charge on any atom is 0.131 e. The summed E-state index contributed by atoms with van der Waals surface area (Å²) in [4.78, 5) is 0. The summed E-state index contributed by atoms with van der Waals surface area (Å²) in [5.41, 5.74) is 1.60. The molecule has 1 nitrogen and oxygen atoms in total. The van der Waals surface area contributed by atoms with Crippen LogP contribution in [0, 0.1) is 24.4 Å². The highest BCUT2D eigenvalue weighted by molar-refractivity contribution is 5.68. The second-order valence-corrected chi connectivity index (χ2v) is 5.54. The summed E-state index contributed by atoms with van der Waals surface area (Å²) < 4.78 is 41.3. The van der Waals surface area contributed by atoms with Crippen LogP contribution in [0.3, 0.4) is 0 Å². The van der Waals surface area contributed by atoms with E-state index in [-0.39, 0.29) is 16.9 Å². The van der Waals surface area contributed by atoms with Crippen LogP contribution in [0.5, 0.6) is 0 Å². The Labute approximate surface area is 121 Å². The number of benzene rings is 2. The molecule has 21 heavy (non-hydrogen) atoms. The topological polar surface area (TPSA) is 12.0 Å². The van der Waals surface area contributed by atoms with Gasteiger partial charge < -0.3 is 5.32 Å². The summed E-state index contributed by atoms with van der Waals surface area (Å²) in [7, 11) is 0. The maximum atomic E-state index is 14.1. The lowest BCUT2D eigenvalue weighted by Gasteiger charge is -2.12. The van der Waals surface area contributed by atoms with Gasteiger partial charge in [-0.05, 0) is 60.7 Å². The fraction of sp³-hybridized carbons (Fsp3) is 0.294. The van der Waals surface area contributed by atoms with E-state index in [4.69, 9.17) is 0 Å². The van der Waals surface area contributed by atoms with Gasteiger partial charge in [0.05, 0.1) is 0 Å². The van der Waals surface area contributed by atoms with Crippen LogP contribution in [-0.2, 0) is 6.54 Å². The molecule has 2 aromatic rings. The standard InChI is InChI=1S/C17H16F3N/c1-10-6-17(20)15(8-16(10)19)14-5-2-12(18)7-11(14)9-21-13-3-4-13/h2,5-8,13,21H,3-4,9H2,1H3. The van der Waals surface area contributed by atoms with E-state index in [1.165, 1.54) is 37.3 Å². The number of hydrogen-bond donors (Lipinski definition) is 1. The molecule has 0 unspecified atom stereocenters. The lowest BCUT2D eigenvalue weighted by Crippen LogP contribution is -2.16. The van der Waals surface area contributed by atoms with E-state index >= 15 is 0 Å². The van der Waals surface area contributed by atoms with Crippen LogP contribution in [0.4, 0.5) is 13.2 Å². The first-order valence-electron chi connectivity index (χ1n) is 7.02. The van der Waals surface area contributed by atoms with Crippen molar-refractivity contribution in [1.82, 2.24) is 5.32 Å². The molecular weight excluding hydrogens is 275 g/mol. The van der Waals surface area contributed by atoms with Crippen molar-refractivity contribution in [2.45, 2.75) is 32.4 Å². The first kappa shape index (κ1) is 14.1. The molecule has 1 aliphatic carbocycles. The maximum absolute atomic E-state index is 14.1. The molecule has 0 saturated heterocycles. The Balaban J connectivity index is 2.02. The molecule has 0 heterocycles. The van der Waals surface area contributed by atoms with Crippen LogP contribution in [0.25, 0.3) is 11.1 Å². The van der Waals surface area contributed by atoms with Crippen LogP contribution in [0.2, 0.25) is 0 Å². The molecule has 4 heteroatoms. The van der Waals surface area contributed by atoms with Gasteiger partial charge in [0, 0.05) is 18.2 Å². The number of halogens is 3.